The molecular formula is C12H19N3O3. The molecule has 1 heterocycles. The molecular weight excluding hydrogens is 234 g/mol. The minimum atomic E-state index is -0.506. The van der Waals surface area contributed by atoms with E-state index in [4.69, 9.17) is 4.74 Å². The van der Waals surface area contributed by atoms with E-state index in [0.29, 0.717) is 25.2 Å². The van der Waals surface area contributed by atoms with Crippen LogP contribution in [0.3, 0.4) is 0 Å². The quantitative estimate of drug-likeness (QED) is 0.620. The van der Waals surface area contributed by atoms with E-state index < -0.39 is 11.7 Å². The second-order valence-electron chi connectivity index (χ2n) is 4.89. The van der Waals surface area contributed by atoms with Gasteiger partial charge in [0.15, 0.2) is 11.6 Å². The molecule has 6 heteroatoms. The van der Waals surface area contributed by atoms with Crippen molar-refractivity contribution < 1.29 is 14.3 Å². The van der Waals surface area contributed by atoms with Crippen LogP contribution in [0.15, 0.2) is 12.4 Å². The Balaban J connectivity index is 2.16. The van der Waals surface area contributed by atoms with Gasteiger partial charge >= 0.3 is 6.09 Å². The zero-order valence-corrected chi connectivity index (χ0v) is 10.9. The number of nitrogens with one attached hydrogen (secondary N) is 2. The maximum Gasteiger partial charge on any atom is 0.407 e. The molecule has 2 N–H and O–H groups in total. The number of ether oxygens (including phenoxy) is 1. The highest BCUT2D eigenvalue weighted by Crippen LogP contribution is 2.06. The second kappa shape index (κ2) is 6.18. The summed E-state index contributed by atoms with van der Waals surface area (Å²) in [6, 6.07) is 0. The monoisotopic (exact) mass is 253 g/mol. The largest absolute Gasteiger partial charge is 0.444 e. The van der Waals surface area contributed by atoms with Gasteiger partial charge in [-0.15, -0.1) is 0 Å². The SMILES string of the molecule is CC(C)(C)OC(=O)NCCCC(=O)c1ncc[nH]1. The Labute approximate surface area is 106 Å². The molecule has 0 aliphatic rings. The number of ketones is 1. The lowest BCUT2D eigenvalue weighted by Gasteiger charge is -2.19. The third-order valence-corrected chi connectivity index (χ3v) is 2.01. The normalized spacial score (nSPS) is 11.1. The van der Waals surface area contributed by atoms with Crippen molar-refractivity contribution in [2.24, 2.45) is 0 Å². The molecule has 0 spiro atoms. The minimum Gasteiger partial charge on any atom is -0.444 e. The number of carbonyl (C=O) groups excluding carboxylic acids is 2. The number of H-pyrrole nitrogens is 1. The molecule has 1 rings (SSSR count). The van der Waals surface area contributed by atoms with Crippen LogP contribution in [0.1, 0.15) is 44.2 Å². The summed E-state index contributed by atoms with van der Waals surface area (Å²) in [7, 11) is 0. The molecule has 100 valence electrons. The third-order valence-electron chi connectivity index (χ3n) is 2.01. The van der Waals surface area contributed by atoms with E-state index in [1.165, 1.54) is 6.20 Å². The maximum atomic E-state index is 11.5. The van der Waals surface area contributed by atoms with Crippen LogP contribution >= 0.6 is 0 Å². The minimum absolute atomic E-state index is 0.0639. The summed E-state index contributed by atoms with van der Waals surface area (Å²) in [4.78, 5) is 29.4. The molecule has 0 saturated carbocycles. The number of amides is 1. The van der Waals surface area contributed by atoms with Gasteiger partial charge in [0.05, 0.1) is 0 Å². The highest BCUT2D eigenvalue weighted by Gasteiger charge is 2.15. The summed E-state index contributed by atoms with van der Waals surface area (Å²) < 4.78 is 5.06. The molecule has 1 amide bonds. The number of aromatic amines is 1. The first-order valence-electron chi connectivity index (χ1n) is 5.88. The Kier molecular flexibility index (Phi) is 4.88. The fourth-order valence-electron chi connectivity index (χ4n) is 1.29. The van der Waals surface area contributed by atoms with Gasteiger partial charge in [-0.05, 0) is 27.2 Å². The molecule has 0 radical (unpaired) electrons. The van der Waals surface area contributed by atoms with Crippen molar-refractivity contribution in [2.45, 2.75) is 39.2 Å². The lowest BCUT2D eigenvalue weighted by molar-refractivity contribution is 0.0525. The molecule has 0 unspecified atom stereocenters. The first-order valence-corrected chi connectivity index (χ1v) is 5.88. The van der Waals surface area contributed by atoms with Crippen LogP contribution in [-0.4, -0.2) is 34.0 Å². The number of hydrogen-bond acceptors (Lipinski definition) is 4. The van der Waals surface area contributed by atoms with E-state index in [0.717, 1.165) is 0 Å². The number of alkyl carbamates (subject to hydrolysis) is 1. The Morgan fingerprint density at radius 2 is 2.17 bits per heavy atom. The van der Waals surface area contributed by atoms with Gasteiger partial charge < -0.3 is 15.0 Å². The maximum absolute atomic E-state index is 11.5. The van der Waals surface area contributed by atoms with E-state index in [1.54, 1.807) is 27.0 Å². The van der Waals surface area contributed by atoms with Crippen LogP contribution in [0.5, 0.6) is 0 Å². The first-order chi connectivity index (χ1) is 8.38. The first kappa shape index (κ1) is 14.2. The van der Waals surface area contributed by atoms with Crippen molar-refractivity contribution >= 4 is 11.9 Å². The van der Waals surface area contributed by atoms with Crippen LogP contribution in [0, 0.1) is 0 Å². The van der Waals surface area contributed by atoms with E-state index in [1.807, 2.05) is 0 Å². The van der Waals surface area contributed by atoms with Crippen molar-refractivity contribution in [1.82, 2.24) is 15.3 Å². The molecule has 0 aliphatic heterocycles. The number of rotatable bonds is 5. The van der Waals surface area contributed by atoms with E-state index in [9.17, 15) is 9.59 Å². The van der Waals surface area contributed by atoms with E-state index in [2.05, 4.69) is 15.3 Å². The standard InChI is InChI=1S/C12H19N3O3/c1-12(2,3)18-11(17)15-6-4-5-9(16)10-13-7-8-14-10/h7-8H,4-6H2,1-3H3,(H,13,14)(H,15,17). The van der Waals surface area contributed by atoms with Gasteiger partial charge in [0.2, 0.25) is 0 Å². The molecule has 0 bridgehead atoms. The number of carbonyl (C=O) groups is 2. The molecule has 0 aromatic carbocycles. The van der Waals surface area contributed by atoms with E-state index >= 15 is 0 Å². The summed E-state index contributed by atoms with van der Waals surface area (Å²) in [5.74, 6) is 0.290. The number of aromatic nitrogens is 2. The van der Waals surface area contributed by atoms with Crippen molar-refractivity contribution in [2.75, 3.05) is 6.54 Å². The van der Waals surface area contributed by atoms with Crippen molar-refractivity contribution in [3.8, 4) is 0 Å². The molecule has 6 nitrogen and oxygen atoms in total. The predicted octanol–water partition coefficient (Wildman–Crippen LogP) is 1.90. The van der Waals surface area contributed by atoms with Gasteiger partial charge in [-0.2, -0.15) is 0 Å². The Hall–Kier alpha value is -1.85. The summed E-state index contributed by atoms with van der Waals surface area (Å²) in [6.45, 7) is 5.80. The highest BCUT2D eigenvalue weighted by molar-refractivity contribution is 5.92. The molecule has 18 heavy (non-hydrogen) atoms. The number of hydrogen-bond donors (Lipinski definition) is 2. The lowest BCUT2D eigenvalue weighted by atomic mass is 10.2. The summed E-state index contributed by atoms with van der Waals surface area (Å²) in [5, 5.41) is 2.60. The zero-order valence-electron chi connectivity index (χ0n) is 10.9. The van der Waals surface area contributed by atoms with Crippen LogP contribution in [-0.2, 0) is 4.74 Å². The smallest absolute Gasteiger partial charge is 0.407 e. The highest BCUT2D eigenvalue weighted by atomic mass is 16.6. The van der Waals surface area contributed by atoms with Gasteiger partial charge in [-0.25, -0.2) is 9.78 Å². The molecule has 1 aromatic heterocycles. The molecule has 0 aliphatic carbocycles. The van der Waals surface area contributed by atoms with Gasteiger partial charge in [0.1, 0.15) is 5.60 Å². The van der Waals surface area contributed by atoms with Gasteiger partial charge in [0, 0.05) is 25.4 Å². The third kappa shape index (κ3) is 5.47. The molecule has 0 fully saturated rings. The van der Waals surface area contributed by atoms with Crippen molar-refractivity contribution in [3.05, 3.63) is 18.2 Å². The van der Waals surface area contributed by atoms with Crippen LogP contribution in [0.2, 0.25) is 0 Å². The zero-order chi connectivity index (χ0) is 13.6. The molecule has 1 aromatic rings. The lowest BCUT2D eigenvalue weighted by Crippen LogP contribution is -2.33. The van der Waals surface area contributed by atoms with Crippen LogP contribution < -0.4 is 5.32 Å². The van der Waals surface area contributed by atoms with Gasteiger partial charge in [0.25, 0.3) is 0 Å². The number of Topliss-reactive ketones (excluding diaryl/α,β-unsaturated/α-hetero) is 1. The fraction of sp³-hybridized carbons (Fsp3) is 0.583. The average molecular weight is 253 g/mol. The Morgan fingerprint density at radius 3 is 2.72 bits per heavy atom. The number of nitrogens with zero attached hydrogens (tertiary/aromatic N) is 1. The van der Waals surface area contributed by atoms with Crippen molar-refractivity contribution in [1.29, 1.82) is 0 Å². The summed E-state index contributed by atoms with van der Waals surface area (Å²) in [6.07, 6.45) is 3.56. The average Bonchev–Trinajstić information content (AvgIpc) is 2.74. The molecule has 0 atom stereocenters. The van der Waals surface area contributed by atoms with Crippen LogP contribution in [0.4, 0.5) is 4.79 Å². The van der Waals surface area contributed by atoms with Gasteiger partial charge in [-0.3, -0.25) is 4.79 Å². The summed E-state index contributed by atoms with van der Waals surface area (Å²) in [5.41, 5.74) is -0.506. The van der Waals surface area contributed by atoms with Gasteiger partial charge in [-0.1, -0.05) is 0 Å². The summed E-state index contributed by atoms with van der Waals surface area (Å²) >= 11 is 0. The topological polar surface area (TPSA) is 84.1 Å². The second-order valence-corrected chi connectivity index (χ2v) is 4.89. The van der Waals surface area contributed by atoms with E-state index in [-0.39, 0.29) is 5.78 Å². The fourth-order valence-corrected chi connectivity index (χ4v) is 1.29. The Morgan fingerprint density at radius 1 is 1.44 bits per heavy atom. The predicted molar refractivity (Wildman–Crippen MR) is 66.4 cm³/mol. The molecule has 0 saturated heterocycles. The Bertz CT molecular complexity index is 393. The number of imidazole rings is 1. The van der Waals surface area contributed by atoms with Crippen molar-refractivity contribution in [3.63, 3.8) is 0 Å². The van der Waals surface area contributed by atoms with Crippen LogP contribution in [0.25, 0.3) is 0 Å².